The van der Waals surface area contributed by atoms with Gasteiger partial charge in [0.25, 0.3) is 0 Å². The smallest absolute Gasteiger partial charge is 0.357 e. The van der Waals surface area contributed by atoms with E-state index in [1.165, 1.54) is 0 Å². The number of nitrogens with two attached hydrogens (primary N) is 1. The Morgan fingerprint density at radius 2 is 2.00 bits per heavy atom. The van der Waals surface area contributed by atoms with Crippen molar-refractivity contribution in [2.75, 3.05) is 6.54 Å². The molecule has 88 valence electrons. The molecule has 6 nitrogen and oxygen atoms in total. The van der Waals surface area contributed by atoms with Crippen molar-refractivity contribution in [3.8, 4) is 0 Å². The first-order valence-corrected chi connectivity index (χ1v) is 4.78. The largest absolute Gasteiger partial charge is 0.478 e. The molecular formula is C9H18N2O4. The molecule has 0 aliphatic heterocycles. The molecule has 0 aliphatic rings. The van der Waals surface area contributed by atoms with Crippen LogP contribution in [0.4, 0.5) is 0 Å². The molecule has 0 fully saturated rings. The number of carboxylic acids is 1. The zero-order valence-electron chi connectivity index (χ0n) is 8.99. The SMILES string of the molecule is CC(C)CCC(O)(NC(=O)CN)C(=O)O. The molecule has 0 heterocycles. The van der Waals surface area contributed by atoms with Gasteiger partial charge < -0.3 is 21.3 Å². The van der Waals surface area contributed by atoms with Crippen LogP contribution in [0.25, 0.3) is 0 Å². The van der Waals surface area contributed by atoms with Gasteiger partial charge in [-0.15, -0.1) is 0 Å². The second kappa shape index (κ2) is 5.67. The van der Waals surface area contributed by atoms with Crippen molar-refractivity contribution in [1.29, 1.82) is 0 Å². The third-order valence-electron chi connectivity index (χ3n) is 1.97. The first-order valence-electron chi connectivity index (χ1n) is 4.78. The van der Waals surface area contributed by atoms with Crippen molar-refractivity contribution in [2.45, 2.75) is 32.4 Å². The zero-order valence-corrected chi connectivity index (χ0v) is 8.99. The number of aliphatic carboxylic acids is 1. The van der Waals surface area contributed by atoms with Crippen LogP contribution in [-0.2, 0) is 9.59 Å². The number of hydrogen-bond acceptors (Lipinski definition) is 4. The Labute approximate surface area is 88.5 Å². The highest BCUT2D eigenvalue weighted by Crippen LogP contribution is 2.14. The van der Waals surface area contributed by atoms with E-state index in [0.717, 1.165) is 0 Å². The van der Waals surface area contributed by atoms with Gasteiger partial charge in [-0.2, -0.15) is 0 Å². The molecule has 6 heteroatoms. The first-order chi connectivity index (χ1) is 6.81. The molecule has 0 rings (SSSR count). The van der Waals surface area contributed by atoms with E-state index in [9.17, 15) is 14.7 Å². The summed E-state index contributed by atoms with van der Waals surface area (Å²) in [6.07, 6.45) is 0.458. The zero-order chi connectivity index (χ0) is 12.1. The minimum atomic E-state index is -2.21. The van der Waals surface area contributed by atoms with E-state index in [1.807, 2.05) is 19.2 Å². The van der Waals surface area contributed by atoms with Gasteiger partial charge in [0.1, 0.15) is 0 Å². The second-order valence-electron chi connectivity index (χ2n) is 3.85. The molecule has 1 amide bonds. The fraction of sp³-hybridized carbons (Fsp3) is 0.778. The fourth-order valence-electron chi connectivity index (χ4n) is 1.00. The second-order valence-corrected chi connectivity index (χ2v) is 3.85. The number of carbonyl (C=O) groups is 2. The van der Waals surface area contributed by atoms with E-state index < -0.39 is 17.6 Å². The lowest BCUT2D eigenvalue weighted by molar-refractivity contribution is -0.166. The highest BCUT2D eigenvalue weighted by atomic mass is 16.4. The molecule has 0 aliphatic carbocycles. The topological polar surface area (TPSA) is 113 Å². The summed E-state index contributed by atoms with van der Waals surface area (Å²) in [5.41, 5.74) is 2.81. The van der Waals surface area contributed by atoms with Gasteiger partial charge in [-0.3, -0.25) is 4.79 Å². The van der Waals surface area contributed by atoms with Gasteiger partial charge in [0.15, 0.2) is 0 Å². The van der Waals surface area contributed by atoms with Crippen molar-refractivity contribution in [2.24, 2.45) is 11.7 Å². The Bertz CT molecular complexity index is 242. The molecule has 1 atom stereocenters. The normalized spacial score (nSPS) is 14.7. The molecular weight excluding hydrogens is 200 g/mol. The molecule has 0 aromatic heterocycles. The number of carboxylic acid groups (broad SMARTS) is 1. The number of nitrogens with one attached hydrogen (secondary N) is 1. The van der Waals surface area contributed by atoms with Crippen molar-refractivity contribution >= 4 is 11.9 Å². The minimum Gasteiger partial charge on any atom is -0.478 e. The third kappa shape index (κ3) is 4.75. The standard InChI is InChI=1S/C9H18N2O4/c1-6(2)3-4-9(15,8(13)14)11-7(12)5-10/h6,15H,3-5,10H2,1-2H3,(H,11,12)(H,13,14). The number of amides is 1. The summed E-state index contributed by atoms with van der Waals surface area (Å²) >= 11 is 0. The molecule has 0 radical (unpaired) electrons. The molecule has 0 saturated heterocycles. The van der Waals surface area contributed by atoms with Crippen LogP contribution in [0.3, 0.4) is 0 Å². The monoisotopic (exact) mass is 218 g/mol. The highest BCUT2D eigenvalue weighted by Gasteiger charge is 2.36. The maximum absolute atomic E-state index is 10.9. The lowest BCUT2D eigenvalue weighted by Gasteiger charge is -2.25. The highest BCUT2D eigenvalue weighted by molar-refractivity contribution is 5.86. The van der Waals surface area contributed by atoms with Crippen LogP contribution in [-0.4, -0.2) is 34.4 Å². The summed E-state index contributed by atoms with van der Waals surface area (Å²) in [6, 6.07) is 0. The number of aliphatic hydroxyl groups is 1. The van der Waals surface area contributed by atoms with E-state index in [0.29, 0.717) is 6.42 Å². The van der Waals surface area contributed by atoms with Gasteiger partial charge in [-0.1, -0.05) is 13.8 Å². The summed E-state index contributed by atoms with van der Waals surface area (Å²) in [4.78, 5) is 21.7. The Morgan fingerprint density at radius 3 is 2.33 bits per heavy atom. The van der Waals surface area contributed by atoms with Crippen LogP contribution < -0.4 is 11.1 Å². The van der Waals surface area contributed by atoms with E-state index in [2.05, 4.69) is 0 Å². The summed E-state index contributed by atoms with van der Waals surface area (Å²) < 4.78 is 0. The Morgan fingerprint density at radius 1 is 1.47 bits per heavy atom. The van der Waals surface area contributed by atoms with Crippen molar-refractivity contribution in [3.63, 3.8) is 0 Å². The Kier molecular flexibility index (Phi) is 5.24. The molecule has 0 spiro atoms. The summed E-state index contributed by atoms with van der Waals surface area (Å²) in [6.45, 7) is 3.44. The van der Waals surface area contributed by atoms with Crippen molar-refractivity contribution < 1.29 is 19.8 Å². The van der Waals surface area contributed by atoms with Crippen LogP contribution in [0.2, 0.25) is 0 Å². The van der Waals surface area contributed by atoms with Gasteiger partial charge in [0, 0.05) is 6.42 Å². The number of rotatable bonds is 6. The molecule has 1 unspecified atom stereocenters. The van der Waals surface area contributed by atoms with E-state index in [1.54, 1.807) is 0 Å². The van der Waals surface area contributed by atoms with Crippen LogP contribution >= 0.6 is 0 Å². The van der Waals surface area contributed by atoms with E-state index >= 15 is 0 Å². The molecule has 15 heavy (non-hydrogen) atoms. The maximum atomic E-state index is 10.9. The van der Waals surface area contributed by atoms with Crippen LogP contribution in [0, 0.1) is 5.92 Å². The van der Waals surface area contributed by atoms with Gasteiger partial charge in [0.05, 0.1) is 6.54 Å². The summed E-state index contributed by atoms with van der Waals surface area (Å²) in [5, 5.41) is 20.4. The lowest BCUT2D eigenvalue weighted by Crippen LogP contribution is -2.56. The van der Waals surface area contributed by atoms with E-state index in [-0.39, 0.29) is 18.9 Å². The number of carbonyl (C=O) groups excluding carboxylic acids is 1. The minimum absolute atomic E-state index is 0.0360. The lowest BCUT2D eigenvalue weighted by atomic mass is 10.0. The van der Waals surface area contributed by atoms with Gasteiger partial charge in [-0.25, -0.2) is 4.79 Å². The summed E-state index contributed by atoms with van der Waals surface area (Å²) in [7, 11) is 0. The van der Waals surface area contributed by atoms with E-state index in [4.69, 9.17) is 10.8 Å². The fourth-order valence-corrected chi connectivity index (χ4v) is 1.00. The van der Waals surface area contributed by atoms with Gasteiger partial charge >= 0.3 is 5.97 Å². The average Bonchev–Trinajstić information content (AvgIpc) is 2.14. The van der Waals surface area contributed by atoms with Gasteiger partial charge in [-0.05, 0) is 12.3 Å². The van der Waals surface area contributed by atoms with Crippen LogP contribution in [0.1, 0.15) is 26.7 Å². The Balaban J connectivity index is 4.45. The third-order valence-corrected chi connectivity index (χ3v) is 1.97. The van der Waals surface area contributed by atoms with Gasteiger partial charge in [0.2, 0.25) is 11.6 Å². The van der Waals surface area contributed by atoms with Crippen molar-refractivity contribution in [1.82, 2.24) is 5.32 Å². The molecule has 0 saturated carbocycles. The first kappa shape index (κ1) is 13.9. The Hall–Kier alpha value is -1.14. The van der Waals surface area contributed by atoms with Crippen LogP contribution in [0.5, 0.6) is 0 Å². The average molecular weight is 218 g/mol. The molecule has 0 aromatic carbocycles. The predicted molar refractivity (Wildman–Crippen MR) is 53.9 cm³/mol. The van der Waals surface area contributed by atoms with Crippen molar-refractivity contribution in [3.05, 3.63) is 0 Å². The quantitative estimate of drug-likeness (QED) is 0.439. The predicted octanol–water partition coefficient (Wildman–Crippen LogP) is -0.729. The number of hydrogen-bond donors (Lipinski definition) is 4. The summed E-state index contributed by atoms with van der Waals surface area (Å²) in [5.74, 6) is -1.92. The molecule has 5 N–H and O–H groups in total. The molecule has 0 aromatic rings. The maximum Gasteiger partial charge on any atom is 0.357 e. The van der Waals surface area contributed by atoms with Crippen LogP contribution in [0.15, 0.2) is 0 Å². The molecule has 0 bridgehead atoms.